The van der Waals surface area contributed by atoms with Crippen molar-refractivity contribution in [3.63, 3.8) is 0 Å². The monoisotopic (exact) mass is 309 g/mol. The highest BCUT2D eigenvalue weighted by Crippen LogP contribution is 2.37. The second-order valence-electron chi connectivity index (χ2n) is 5.86. The number of aldehydes is 1. The Morgan fingerprint density at radius 3 is 2.70 bits per heavy atom. The fourth-order valence-electron chi connectivity index (χ4n) is 2.91. The van der Waals surface area contributed by atoms with Crippen LogP contribution in [0, 0.1) is 0 Å². The molecule has 1 aromatic heterocycles. The summed E-state index contributed by atoms with van der Waals surface area (Å²) < 4.78 is 5.61. The Morgan fingerprint density at radius 1 is 1.26 bits per heavy atom. The standard InChI is InChI=1S/C19H19NO3/c1-11(2)4-6-14-12(10-21)8-16-15-7-5-13(22)9-17(15)20-18(16)19(14)23-3/h4-5,7-10,20,22H,6H2,1-3H3. The van der Waals surface area contributed by atoms with Crippen molar-refractivity contribution in [2.75, 3.05) is 7.11 Å². The first kappa shape index (κ1) is 15.2. The summed E-state index contributed by atoms with van der Waals surface area (Å²) >= 11 is 0. The lowest BCUT2D eigenvalue weighted by Gasteiger charge is -2.11. The molecular formula is C19H19NO3. The summed E-state index contributed by atoms with van der Waals surface area (Å²) in [5, 5.41) is 11.5. The number of ether oxygens (including phenoxy) is 1. The highest BCUT2D eigenvalue weighted by atomic mass is 16.5. The predicted octanol–water partition coefficient (Wildman–Crippen LogP) is 4.36. The lowest BCUT2D eigenvalue weighted by Crippen LogP contribution is -1.98. The number of H-pyrrole nitrogens is 1. The number of aromatic nitrogens is 1. The zero-order chi connectivity index (χ0) is 16.6. The maximum absolute atomic E-state index is 11.6. The number of carbonyl (C=O) groups excluding carboxylic acids is 1. The van der Waals surface area contributed by atoms with E-state index >= 15 is 0 Å². The molecule has 0 aliphatic carbocycles. The van der Waals surface area contributed by atoms with E-state index in [1.54, 1.807) is 19.2 Å². The molecule has 3 aromatic rings. The van der Waals surface area contributed by atoms with Gasteiger partial charge in [0.05, 0.1) is 18.1 Å². The van der Waals surface area contributed by atoms with Gasteiger partial charge in [0.25, 0.3) is 0 Å². The predicted molar refractivity (Wildman–Crippen MR) is 92.5 cm³/mol. The van der Waals surface area contributed by atoms with E-state index in [9.17, 15) is 9.90 Å². The van der Waals surface area contributed by atoms with E-state index in [0.29, 0.717) is 17.7 Å². The summed E-state index contributed by atoms with van der Waals surface area (Å²) in [5.74, 6) is 0.876. The maximum Gasteiger partial charge on any atom is 0.150 e. The van der Waals surface area contributed by atoms with E-state index in [4.69, 9.17) is 4.74 Å². The topological polar surface area (TPSA) is 62.3 Å². The summed E-state index contributed by atoms with van der Waals surface area (Å²) in [5.41, 5.74) is 4.34. The number of phenols is 1. The van der Waals surface area contributed by atoms with Gasteiger partial charge in [-0.15, -0.1) is 0 Å². The van der Waals surface area contributed by atoms with Crippen molar-refractivity contribution in [1.82, 2.24) is 4.98 Å². The number of benzene rings is 2. The number of phenolic OH excluding ortho intramolecular Hbond substituents is 1. The fourth-order valence-corrected chi connectivity index (χ4v) is 2.91. The molecule has 0 atom stereocenters. The third-order valence-corrected chi connectivity index (χ3v) is 4.02. The zero-order valence-corrected chi connectivity index (χ0v) is 13.4. The quantitative estimate of drug-likeness (QED) is 0.556. The molecule has 0 radical (unpaired) electrons. The van der Waals surface area contributed by atoms with Crippen LogP contribution in [0.25, 0.3) is 21.8 Å². The summed E-state index contributed by atoms with van der Waals surface area (Å²) in [6, 6.07) is 7.03. The SMILES string of the molecule is COc1c(CC=C(C)C)c(C=O)cc2c1[nH]c1cc(O)ccc12. The van der Waals surface area contributed by atoms with Crippen molar-refractivity contribution in [2.45, 2.75) is 20.3 Å². The lowest BCUT2D eigenvalue weighted by atomic mass is 9.99. The number of allylic oxidation sites excluding steroid dienone is 2. The molecule has 23 heavy (non-hydrogen) atoms. The van der Waals surface area contributed by atoms with Gasteiger partial charge in [-0.3, -0.25) is 4.79 Å². The van der Waals surface area contributed by atoms with Gasteiger partial charge in [0.1, 0.15) is 11.5 Å². The van der Waals surface area contributed by atoms with Crippen LogP contribution in [-0.4, -0.2) is 23.5 Å². The average molecular weight is 309 g/mol. The Bertz CT molecular complexity index is 931. The summed E-state index contributed by atoms with van der Waals surface area (Å²) in [7, 11) is 1.61. The second kappa shape index (κ2) is 5.80. The normalized spacial score (nSPS) is 10.9. The van der Waals surface area contributed by atoms with Crippen molar-refractivity contribution in [3.05, 3.63) is 47.0 Å². The number of aromatic amines is 1. The van der Waals surface area contributed by atoms with Gasteiger partial charge >= 0.3 is 0 Å². The molecule has 4 nitrogen and oxygen atoms in total. The molecule has 118 valence electrons. The van der Waals surface area contributed by atoms with Gasteiger partial charge in [-0.25, -0.2) is 0 Å². The van der Waals surface area contributed by atoms with Gasteiger partial charge < -0.3 is 14.8 Å². The Kier molecular flexibility index (Phi) is 3.82. The average Bonchev–Trinajstić information content (AvgIpc) is 2.88. The van der Waals surface area contributed by atoms with Crippen LogP contribution in [0.2, 0.25) is 0 Å². The van der Waals surface area contributed by atoms with Crippen LogP contribution in [-0.2, 0) is 6.42 Å². The minimum absolute atomic E-state index is 0.198. The molecule has 3 rings (SSSR count). The Hall–Kier alpha value is -2.75. The van der Waals surface area contributed by atoms with Crippen molar-refractivity contribution in [3.8, 4) is 11.5 Å². The van der Waals surface area contributed by atoms with E-state index in [-0.39, 0.29) is 5.75 Å². The lowest BCUT2D eigenvalue weighted by molar-refractivity contribution is 0.112. The molecule has 0 bridgehead atoms. The van der Waals surface area contributed by atoms with Gasteiger partial charge in [0, 0.05) is 28.0 Å². The van der Waals surface area contributed by atoms with Crippen molar-refractivity contribution >= 4 is 28.1 Å². The zero-order valence-electron chi connectivity index (χ0n) is 13.4. The summed E-state index contributed by atoms with van der Waals surface area (Å²) in [4.78, 5) is 14.9. The minimum Gasteiger partial charge on any atom is -0.508 e. The van der Waals surface area contributed by atoms with Gasteiger partial charge in [-0.2, -0.15) is 0 Å². The van der Waals surface area contributed by atoms with Crippen LogP contribution in [0.1, 0.15) is 29.8 Å². The van der Waals surface area contributed by atoms with Gasteiger partial charge in [0.2, 0.25) is 0 Å². The molecule has 0 saturated carbocycles. The number of nitrogens with one attached hydrogen (secondary N) is 1. The Morgan fingerprint density at radius 2 is 2.04 bits per heavy atom. The molecule has 0 unspecified atom stereocenters. The van der Waals surface area contributed by atoms with Gasteiger partial charge in [-0.05, 0) is 38.5 Å². The van der Waals surface area contributed by atoms with Crippen LogP contribution >= 0.6 is 0 Å². The van der Waals surface area contributed by atoms with Gasteiger partial charge in [-0.1, -0.05) is 11.6 Å². The minimum atomic E-state index is 0.198. The molecule has 4 heteroatoms. The maximum atomic E-state index is 11.6. The molecule has 2 aromatic carbocycles. The molecule has 1 heterocycles. The Labute approximate surface area is 134 Å². The summed E-state index contributed by atoms with van der Waals surface area (Å²) in [6.07, 6.45) is 3.58. The van der Waals surface area contributed by atoms with Crippen molar-refractivity contribution < 1.29 is 14.6 Å². The van der Waals surface area contributed by atoms with Crippen LogP contribution in [0.15, 0.2) is 35.9 Å². The summed E-state index contributed by atoms with van der Waals surface area (Å²) in [6.45, 7) is 4.05. The highest BCUT2D eigenvalue weighted by molar-refractivity contribution is 6.11. The van der Waals surface area contributed by atoms with E-state index < -0.39 is 0 Å². The van der Waals surface area contributed by atoms with Crippen molar-refractivity contribution in [1.29, 1.82) is 0 Å². The molecule has 0 spiro atoms. The van der Waals surface area contributed by atoms with Gasteiger partial charge in [0.15, 0.2) is 6.29 Å². The second-order valence-corrected chi connectivity index (χ2v) is 5.86. The molecule has 0 amide bonds. The number of fused-ring (bicyclic) bond motifs is 3. The first-order chi connectivity index (χ1) is 11.0. The van der Waals surface area contributed by atoms with E-state index in [0.717, 1.165) is 33.7 Å². The molecule has 0 saturated heterocycles. The van der Waals surface area contributed by atoms with Crippen LogP contribution < -0.4 is 4.74 Å². The van der Waals surface area contributed by atoms with E-state index in [1.807, 2.05) is 26.0 Å². The number of hydrogen-bond acceptors (Lipinski definition) is 3. The van der Waals surface area contributed by atoms with E-state index in [1.165, 1.54) is 5.57 Å². The molecular weight excluding hydrogens is 290 g/mol. The third kappa shape index (κ3) is 2.57. The smallest absolute Gasteiger partial charge is 0.150 e. The first-order valence-corrected chi connectivity index (χ1v) is 7.48. The van der Waals surface area contributed by atoms with Crippen LogP contribution in [0.5, 0.6) is 11.5 Å². The van der Waals surface area contributed by atoms with E-state index in [2.05, 4.69) is 11.1 Å². The molecule has 0 fully saturated rings. The first-order valence-electron chi connectivity index (χ1n) is 7.48. The number of rotatable bonds is 4. The van der Waals surface area contributed by atoms with Crippen molar-refractivity contribution in [2.24, 2.45) is 0 Å². The molecule has 2 N–H and O–H groups in total. The van der Waals surface area contributed by atoms with Crippen LogP contribution in [0.3, 0.4) is 0 Å². The molecule has 0 aliphatic rings. The number of aromatic hydroxyl groups is 1. The van der Waals surface area contributed by atoms with Crippen LogP contribution in [0.4, 0.5) is 0 Å². The number of hydrogen-bond donors (Lipinski definition) is 2. The third-order valence-electron chi connectivity index (χ3n) is 4.02. The number of methoxy groups -OCH3 is 1. The molecule has 0 aliphatic heterocycles. The Balaban J connectivity index is 2.37. The highest BCUT2D eigenvalue weighted by Gasteiger charge is 2.17. The fraction of sp³-hybridized carbons (Fsp3) is 0.211. The largest absolute Gasteiger partial charge is 0.508 e. The number of carbonyl (C=O) groups is 1.